The van der Waals surface area contributed by atoms with Crippen LogP contribution in [-0.4, -0.2) is 4.98 Å². The van der Waals surface area contributed by atoms with Crippen molar-refractivity contribution in [3.05, 3.63) is 72.7 Å². The third kappa shape index (κ3) is 23.5. The van der Waals surface area contributed by atoms with Gasteiger partial charge in [-0.3, -0.25) is 6.08 Å². The van der Waals surface area contributed by atoms with Gasteiger partial charge in [-0.15, -0.1) is 55.1 Å². The maximum atomic E-state index is 2.99. The molecular formula is C21H31Cl2NTi. The minimum absolute atomic E-state index is 0. The molecule has 1 aliphatic carbocycles. The zero-order chi connectivity index (χ0) is 16.8. The van der Waals surface area contributed by atoms with Gasteiger partial charge in [0.25, 0.3) is 0 Å². The van der Waals surface area contributed by atoms with Crippen molar-refractivity contribution in [1.29, 1.82) is 0 Å². The number of allylic oxidation sites excluding steroid dienone is 4. The fraction of sp³-hybridized carbons (Fsp3) is 0.333. The topological polar surface area (TPSA) is 15.8 Å². The first kappa shape index (κ1) is 32.2. The van der Waals surface area contributed by atoms with Crippen LogP contribution in [0.15, 0.2) is 48.6 Å². The van der Waals surface area contributed by atoms with Gasteiger partial charge < -0.3 is 16.8 Å². The average molecular weight is 416 g/mol. The Balaban J connectivity index is -0.000000122. The average Bonchev–Trinajstić information content (AvgIpc) is 3.12. The molecular weight excluding hydrogens is 385 g/mol. The van der Waals surface area contributed by atoms with E-state index in [-0.39, 0.29) is 46.5 Å². The monoisotopic (exact) mass is 415 g/mol. The van der Waals surface area contributed by atoms with Crippen molar-refractivity contribution < 1.29 is 21.7 Å². The molecule has 1 heterocycles. The Morgan fingerprint density at radius 2 is 1.44 bits per heavy atom. The Labute approximate surface area is 182 Å². The molecule has 1 aliphatic rings. The van der Waals surface area contributed by atoms with E-state index < -0.39 is 0 Å². The molecule has 0 atom stereocenters. The molecule has 1 N–H and O–H groups in total. The van der Waals surface area contributed by atoms with E-state index in [4.69, 9.17) is 0 Å². The summed E-state index contributed by atoms with van der Waals surface area (Å²) in [6, 6.07) is 10.1. The van der Waals surface area contributed by atoms with Crippen molar-refractivity contribution in [3.63, 3.8) is 0 Å². The smallest absolute Gasteiger partial charge is 0.477 e. The summed E-state index contributed by atoms with van der Waals surface area (Å²) in [6.07, 6.45) is 12.9. The summed E-state index contributed by atoms with van der Waals surface area (Å²) in [6.45, 7) is 12.5. The number of halogens is 2. The van der Waals surface area contributed by atoms with E-state index >= 15 is 0 Å². The number of aromatic nitrogens is 1. The van der Waals surface area contributed by atoms with E-state index in [2.05, 4.69) is 70.9 Å². The van der Waals surface area contributed by atoms with Crippen LogP contribution in [0.25, 0.3) is 10.9 Å². The number of para-hydroxylation sites is 1. The first-order valence-corrected chi connectivity index (χ1v) is 7.62. The maximum absolute atomic E-state index is 2.99. The third-order valence-electron chi connectivity index (χ3n) is 1.98. The van der Waals surface area contributed by atoms with E-state index in [0.29, 0.717) is 0 Å². The molecule has 0 saturated carbocycles. The molecule has 0 spiro atoms. The van der Waals surface area contributed by atoms with Crippen LogP contribution in [0.5, 0.6) is 0 Å². The zero-order valence-corrected chi connectivity index (χ0v) is 19.3. The van der Waals surface area contributed by atoms with Crippen LogP contribution >= 0.6 is 24.8 Å². The number of rotatable bonds is 0. The van der Waals surface area contributed by atoms with Crippen LogP contribution in [0.4, 0.5) is 0 Å². The number of aromatic amines is 1. The van der Waals surface area contributed by atoms with Crippen molar-refractivity contribution in [2.24, 2.45) is 0 Å². The second-order valence-corrected chi connectivity index (χ2v) is 6.00. The van der Waals surface area contributed by atoms with Gasteiger partial charge in [-0.05, 0) is 0 Å². The fourth-order valence-corrected chi connectivity index (χ4v) is 1.27. The molecule has 1 nitrogen and oxygen atoms in total. The zero-order valence-electron chi connectivity index (χ0n) is 16.1. The first-order chi connectivity index (χ1) is 10.4. The minimum atomic E-state index is 0. The first-order valence-electron chi connectivity index (χ1n) is 7.62. The van der Waals surface area contributed by atoms with E-state index in [1.54, 1.807) is 0 Å². The third-order valence-corrected chi connectivity index (χ3v) is 1.98. The predicted octanol–water partition coefficient (Wildman–Crippen LogP) is 7.36. The standard InChI is InChI=1S/C8H6N.C5H5.2C4H9.2ClH.Ti/c1-2-4-8-7(3-1)5-6-9-8;1-2-4-5-3-1;2*1-4(2)3;;;/h1-5,9H;1-3H,4H2;2*1-3H3;2*1H;/q4*-1;;;+4. The van der Waals surface area contributed by atoms with Gasteiger partial charge in [0.1, 0.15) is 0 Å². The number of fused-ring (bicyclic) bond motifs is 1. The Morgan fingerprint density at radius 1 is 0.920 bits per heavy atom. The number of hydrogen-bond acceptors (Lipinski definition) is 0. The van der Waals surface area contributed by atoms with Gasteiger partial charge >= 0.3 is 21.7 Å². The molecule has 0 fully saturated rings. The van der Waals surface area contributed by atoms with Gasteiger partial charge in [-0.2, -0.15) is 59.1 Å². The van der Waals surface area contributed by atoms with Crippen LogP contribution < -0.4 is 0 Å². The van der Waals surface area contributed by atoms with Crippen LogP contribution in [-0.2, 0) is 21.7 Å². The molecule has 1 aromatic heterocycles. The molecule has 0 bridgehead atoms. The van der Waals surface area contributed by atoms with Gasteiger partial charge in [0.2, 0.25) is 0 Å². The van der Waals surface area contributed by atoms with E-state index in [9.17, 15) is 0 Å². The quantitative estimate of drug-likeness (QED) is 0.341. The van der Waals surface area contributed by atoms with Crippen molar-refractivity contribution in [3.8, 4) is 0 Å². The number of nitrogens with one attached hydrogen (secondary N) is 1. The summed E-state index contributed by atoms with van der Waals surface area (Å²) in [5.41, 5.74) is 1.15. The van der Waals surface area contributed by atoms with Gasteiger partial charge in [0.05, 0.1) is 0 Å². The second kappa shape index (κ2) is 21.6. The molecule has 3 rings (SSSR count). The number of benzene rings is 1. The summed E-state index contributed by atoms with van der Waals surface area (Å²) in [5, 5.41) is 1.22. The fourth-order valence-electron chi connectivity index (χ4n) is 1.27. The van der Waals surface area contributed by atoms with E-state index in [1.807, 2.05) is 36.4 Å². The largest absolute Gasteiger partial charge is 4.00 e. The molecule has 0 saturated heterocycles. The Bertz CT molecular complexity index is 494. The number of H-pyrrole nitrogens is 1. The summed E-state index contributed by atoms with van der Waals surface area (Å²) < 4.78 is 0. The van der Waals surface area contributed by atoms with Crippen molar-refractivity contribution >= 4 is 35.7 Å². The molecule has 0 aliphatic heterocycles. The molecule has 25 heavy (non-hydrogen) atoms. The van der Waals surface area contributed by atoms with Crippen molar-refractivity contribution in [2.75, 3.05) is 0 Å². The van der Waals surface area contributed by atoms with Crippen molar-refractivity contribution in [2.45, 2.75) is 48.0 Å². The summed E-state index contributed by atoms with van der Waals surface area (Å²) in [5.74, 6) is 2.83. The van der Waals surface area contributed by atoms with Crippen molar-refractivity contribution in [1.82, 2.24) is 4.98 Å². The SMILES string of the molecule is C[C-](C)C.C[C-](C)C.Cl.Cl.[C-]1=CC=CC1.[Ti+4].[c-]1cc2ccccc2[nH]1. The molecule has 0 unspecified atom stereocenters. The summed E-state index contributed by atoms with van der Waals surface area (Å²) in [7, 11) is 0. The van der Waals surface area contributed by atoms with E-state index in [0.717, 1.165) is 11.9 Å². The molecule has 2 aromatic rings. The van der Waals surface area contributed by atoms with Gasteiger partial charge in [-0.1, -0.05) is 12.1 Å². The Kier molecular flexibility index (Phi) is 27.8. The molecule has 0 amide bonds. The normalized spacial score (nSPS) is 10.1. The molecule has 1 aromatic carbocycles. The van der Waals surface area contributed by atoms with Crippen LogP contribution in [0.3, 0.4) is 0 Å². The Morgan fingerprint density at radius 3 is 1.80 bits per heavy atom. The van der Waals surface area contributed by atoms with Crippen LogP contribution in [0, 0.1) is 24.1 Å². The number of hydrogen-bond donors (Lipinski definition) is 1. The van der Waals surface area contributed by atoms with Gasteiger partial charge in [0.15, 0.2) is 0 Å². The maximum Gasteiger partial charge on any atom is 4.00 e. The summed E-state index contributed by atoms with van der Waals surface area (Å²) in [4.78, 5) is 2.99. The molecule has 138 valence electrons. The molecule has 0 radical (unpaired) electrons. The van der Waals surface area contributed by atoms with Gasteiger partial charge in [0, 0.05) is 0 Å². The summed E-state index contributed by atoms with van der Waals surface area (Å²) >= 11 is 0. The predicted molar refractivity (Wildman–Crippen MR) is 114 cm³/mol. The van der Waals surface area contributed by atoms with E-state index in [1.165, 1.54) is 17.2 Å². The van der Waals surface area contributed by atoms with Crippen LogP contribution in [0.2, 0.25) is 0 Å². The minimum Gasteiger partial charge on any atom is -0.477 e. The molecule has 4 heteroatoms. The van der Waals surface area contributed by atoms with Gasteiger partial charge in [-0.25, -0.2) is 12.2 Å². The Hall–Kier alpha value is -0.466. The van der Waals surface area contributed by atoms with Crippen LogP contribution in [0.1, 0.15) is 48.0 Å². The second-order valence-electron chi connectivity index (χ2n) is 6.00.